The van der Waals surface area contributed by atoms with Crippen LogP contribution in [-0.2, 0) is 9.59 Å². The first-order chi connectivity index (χ1) is 9.56. The van der Waals surface area contributed by atoms with Crippen LogP contribution in [0.5, 0.6) is 0 Å². The van der Waals surface area contributed by atoms with Crippen LogP contribution >= 0.6 is 0 Å². The van der Waals surface area contributed by atoms with Crippen molar-refractivity contribution in [3.8, 4) is 0 Å². The van der Waals surface area contributed by atoms with Gasteiger partial charge in [-0.15, -0.1) is 0 Å². The third-order valence-electron chi connectivity index (χ3n) is 4.30. The van der Waals surface area contributed by atoms with E-state index in [-0.39, 0.29) is 17.9 Å². The first kappa shape index (κ1) is 17.0. The number of unbranched alkanes of at least 4 members (excludes halogenated alkanes) is 3. The van der Waals surface area contributed by atoms with Gasteiger partial charge < -0.3 is 10.4 Å². The average Bonchev–Trinajstić information content (AvgIpc) is 2.43. The summed E-state index contributed by atoms with van der Waals surface area (Å²) in [6, 6.07) is 0.149. The highest BCUT2D eigenvalue weighted by Crippen LogP contribution is 2.30. The van der Waals surface area contributed by atoms with E-state index in [0.717, 1.165) is 25.7 Å². The Kier molecular flexibility index (Phi) is 7.63. The third kappa shape index (κ3) is 5.51. The van der Waals surface area contributed by atoms with Crippen molar-refractivity contribution in [3.05, 3.63) is 0 Å². The number of amides is 1. The highest BCUT2D eigenvalue weighted by Gasteiger charge is 2.35. The minimum absolute atomic E-state index is 0.0555. The van der Waals surface area contributed by atoms with Gasteiger partial charge in [-0.3, -0.25) is 9.59 Å². The number of hydrogen-bond acceptors (Lipinski definition) is 2. The molecule has 2 N–H and O–H groups in total. The van der Waals surface area contributed by atoms with E-state index in [4.69, 9.17) is 0 Å². The van der Waals surface area contributed by atoms with Crippen LogP contribution in [0, 0.1) is 11.8 Å². The largest absolute Gasteiger partial charge is 0.481 e. The molecule has 0 aliphatic heterocycles. The molecule has 0 heterocycles. The Hall–Kier alpha value is -1.06. The Morgan fingerprint density at radius 3 is 2.40 bits per heavy atom. The molecule has 1 amide bonds. The maximum Gasteiger partial charge on any atom is 0.307 e. The molecule has 20 heavy (non-hydrogen) atoms. The number of rotatable bonds is 8. The molecule has 1 saturated carbocycles. The molecular formula is C16H29NO3. The molecule has 1 rings (SSSR count). The molecule has 1 fully saturated rings. The van der Waals surface area contributed by atoms with Gasteiger partial charge in [-0.05, 0) is 26.2 Å². The number of carboxylic acids is 1. The topological polar surface area (TPSA) is 66.4 Å². The Labute approximate surface area is 122 Å². The summed E-state index contributed by atoms with van der Waals surface area (Å²) < 4.78 is 0. The first-order valence-electron chi connectivity index (χ1n) is 8.09. The summed E-state index contributed by atoms with van der Waals surface area (Å²) in [4.78, 5) is 23.5. The Bertz CT molecular complexity index is 317. The van der Waals surface area contributed by atoms with Gasteiger partial charge in [0.25, 0.3) is 0 Å². The van der Waals surface area contributed by atoms with Crippen molar-refractivity contribution in [1.82, 2.24) is 5.32 Å². The Morgan fingerprint density at radius 2 is 1.80 bits per heavy atom. The molecule has 0 spiro atoms. The highest BCUT2D eigenvalue weighted by molar-refractivity contribution is 5.85. The standard InChI is InChI=1S/C16H29NO3/c1-3-4-5-6-9-12(2)17-15(18)13-10-7-8-11-14(13)16(19)20/h12-14H,3-11H2,1-2H3,(H,17,18)(H,19,20). The summed E-state index contributed by atoms with van der Waals surface area (Å²) in [6.45, 7) is 4.20. The monoisotopic (exact) mass is 283 g/mol. The lowest BCUT2D eigenvalue weighted by atomic mass is 9.78. The van der Waals surface area contributed by atoms with Gasteiger partial charge in [0.2, 0.25) is 5.91 Å². The lowest BCUT2D eigenvalue weighted by molar-refractivity contribution is -0.149. The lowest BCUT2D eigenvalue weighted by Crippen LogP contribution is -2.43. The number of aliphatic carboxylic acids is 1. The molecule has 0 saturated heterocycles. The SMILES string of the molecule is CCCCCCC(C)NC(=O)C1CCCCC1C(=O)O. The van der Waals surface area contributed by atoms with Crippen LogP contribution in [0.15, 0.2) is 0 Å². The first-order valence-corrected chi connectivity index (χ1v) is 8.09. The van der Waals surface area contributed by atoms with Gasteiger partial charge in [0.15, 0.2) is 0 Å². The van der Waals surface area contributed by atoms with E-state index < -0.39 is 11.9 Å². The van der Waals surface area contributed by atoms with E-state index in [9.17, 15) is 14.7 Å². The van der Waals surface area contributed by atoms with E-state index in [1.165, 1.54) is 19.3 Å². The molecule has 1 aliphatic rings. The molecule has 0 radical (unpaired) electrons. The van der Waals surface area contributed by atoms with Crippen LogP contribution in [0.4, 0.5) is 0 Å². The van der Waals surface area contributed by atoms with Gasteiger partial charge in [0.1, 0.15) is 0 Å². The molecule has 0 aromatic rings. The van der Waals surface area contributed by atoms with Crippen LogP contribution in [0.25, 0.3) is 0 Å². The molecule has 0 aromatic heterocycles. The van der Waals surface area contributed by atoms with Gasteiger partial charge in [0, 0.05) is 6.04 Å². The number of hydrogen-bond donors (Lipinski definition) is 2. The Morgan fingerprint density at radius 1 is 1.15 bits per heavy atom. The minimum Gasteiger partial charge on any atom is -0.481 e. The van der Waals surface area contributed by atoms with Gasteiger partial charge in [-0.2, -0.15) is 0 Å². The van der Waals surface area contributed by atoms with Crippen LogP contribution in [-0.4, -0.2) is 23.0 Å². The summed E-state index contributed by atoms with van der Waals surface area (Å²) in [5.41, 5.74) is 0. The molecule has 3 atom stereocenters. The maximum absolute atomic E-state index is 12.2. The van der Waals surface area contributed by atoms with E-state index in [0.29, 0.717) is 12.8 Å². The van der Waals surface area contributed by atoms with E-state index in [2.05, 4.69) is 12.2 Å². The smallest absolute Gasteiger partial charge is 0.307 e. The average molecular weight is 283 g/mol. The van der Waals surface area contributed by atoms with Crippen molar-refractivity contribution in [2.75, 3.05) is 0 Å². The van der Waals surface area contributed by atoms with Crippen molar-refractivity contribution in [2.24, 2.45) is 11.8 Å². The third-order valence-corrected chi connectivity index (χ3v) is 4.30. The summed E-state index contributed by atoms with van der Waals surface area (Å²) >= 11 is 0. The van der Waals surface area contributed by atoms with E-state index in [1.54, 1.807) is 0 Å². The predicted octanol–water partition coefficient (Wildman–Crippen LogP) is 3.35. The van der Waals surface area contributed by atoms with Gasteiger partial charge in [0.05, 0.1) is 11.8 Å². The zero-order valence-corrected chi connectivity index (χ0v) is 12.9. The van der Waals surface area contributed by atoms with Crippen molar-refractivity contribution >= 4 is 11.9 Å². The van der Waals surface area contributed by atoms with Crippen LogP contribution in [0.2, 0.25) is 0 Å². The number of carbonyl (C=O) groups is 2. The molecule has 116 valence electrons. The zero-order chi connectivity index (χ0) is 15.0. The molecule has 0 aromatic carbocycles. The summed E-state index contributed by atoms with van der Waals surface area (Å²) in [6.07, 6.45) is 9.01. The van der Waals surface area contributed by atoms with Gasteiger partial charge >= 0.3 is 5.97 Å². The summed E-state index contributed by atoms with van der Waals surface area (Å²) in [7, 11) is 0. The minimum atomic E-state index is -0.819. The normalized spacial score (nSPS) is 24.1. The molecule has 4 nitrogen and oxygen atoms in total. The second-order valence-electron chi connectivity index (χ2n) is 6.09. The number of carboxylic acid groups (broad SMARTS) is 1. The van der Waals surface area contributed by atoms with Crippen LogP contribution in [0.1, 0.15) is 71.6 Å². The predicted molar refractivity (Wildman–Crippen MR) is 79.4 cm³/mol. The molecule has 4 heteroatoms. The number of nitrogens with one attached hydrogen (secondary N) is 1. The fraction of sp³-hybridized carbons (Fsp3) is 0.875. The Balaban J connectivity index is 2.37. The zero-order valence-electron chi connectivity index (χ0n) is 12.9. The van der Waals surface area contributed by atoms with E-state index >= 15 is 0 Å². The van der Waals surface area contributed by atoms with Gasteiger partial charge in [-0.1, -0.05) is 45.4 Å². The van der Waals surface area contributed by atoms with Crippen LogP contribution < -0.4 is 5.32 Å². The fourth-order valence-corrected chi connectivity index (χ4v) is 3.04. The van der Waals surface area contributed by atoms with Gasteiger partial charge in [-0.25, -0.2) is 0 Å². The van der Waals surface area contributed by atoms with Crippen molar-refractivity contribution in [3.63, 3.8) is 0 Å². The maximum atomic E-state index is 12.2. The number of carbonyl (C=O) groups excluding carboxylic acids is 1. The van der Waals surface area contributed by atoms with Crippen LogP contribution in [0.3, 0.4) is 0 Å². The lowest BCUT2D eigenvalue weighted by Gasteiger charge is -2.28. The molecule has 1 aliphatic carbocycles. The highest BCUT2D eigenvalue weighted by atomic mass is 16.4. The summed E-state index contributed by atoms with van der Waals surface area (Å²) in [5.74, 6) is -1.70. The quantitative estimate of drug-likeness (QED) is 0.671. The molecule has 0 bridgehead atoms. The fourth-order valence-electron chi connectivity index (χ4n) is 3.04. The second kappa shape index (κ2) is 8.98. The second-order valence-corrected chi connectivity index (χ2v) is 6.09. The van der Waals surface area contributed by atoms with Crippen molar-refractivity contribution < 1.29 is 14.7 Å². The summed E-state index contributed by atoms with van der Waals surface area (Å²) in [5, 5.41) is 12.2. The van der Waals surface area contributed by atoms with Crippen molar-refractivity contribution in [2.45, 2.75) is 77.7 Å². The van der Waals surface area contributed by atoms with Crippen molar-refractivity contribution in [1.29, 1.82) is 0 Å². The van der Waals surface area contributed by atoms with E-state index in [1.807, 2.05) is 6.92 Å². The molecule has 3 unspecified atom stereocenters. The molecular weight excluding hydrogens is 254 g/mol.